The van der Waals surface area contributed by atoms with Gasteiger partial charge in [0.25, 0.3) is 0 Å². The maximum atomic E-state index is 12.1. The molecule has 0 fully saturated rings. The number of nitrogens with two attached hydrogens (primary N) is 3. The molecule has 52 heavy (non-hydrogen) atoms. The largest absolute Gasteiger partial charge is 1.00 e. The predicted molar refractivity (Wildman–Crippen MR) is 184 cm³/mol. The van der Waals surface area contributed by atoms with Crippen LogP contribution in [0.5, 0.6) is 5.75 Å². The van der Waals surface area contributed by atoms with Gasteiger partial charge in [0.2, 0.25) is 0 Å². The molecule has 0 aliphatic heterocycles. The smallest absolute Gasteiger partial charge is 0.744 e. The van der Waals surface area contributed by atoms with Gasteiger partial charge in [-0.05, 0) is 90.3 Å². The van der Waals surface area contributed by atoms with Crippen molar-refractivity contribution in [3.63, 3.8) is 0 Å². The number of nitrogen functional groups attached to an aromatic ring is 3. The zero-order valence-electron chi connectivity index (χ0n) is 27.4. The zero-order chi connectivity index (χ0) is 35.8. The van der Waals surface area contributed by atoms with Gasteiger partial charge in [-0.15, -0.1) is 15.3 Å². The van der Waals surface area contributed by atoms with Crippen molar-refractivity contribution in [3.05, 3.63) is 97.1 Å². The van der Waals surface area contributed by atoms with E-state index in [2.05, 4.69) is 30.7 Å². The Labute approximate surface area is 340 Å². The number of phenolic OH excluding ortho intramolecular Hbond substituents is 1. The van der Waals surface area contributed by atoms with Gasteiger partial charge in [0.05, 0.1) is 38.2 Å². The molecule has 16 nitrogen and oxygen atoms in total. The van der Waals surface area contributed by atoms with Gasteiger partial charge in [0, 0.05) is 27.5 Å². The molecule has 0 radical (unpaired) electrons. The van der Waals surface area contributed by atoms with Gasteiger partial charge in [-0.3, -0.25) is 0 Å². The first-order chi connectivity index (χ1) is 23.7. The van der Waals surface area contributed by atoms with E-state index in [4.69, 9.17) is 17.2 Å². The minimum Gasteiger partial charge on any atom is -0.744 e. The molecular weight excluding hydrogens is 733 g/mol. The van der Waals surface area contributed by atoms with E-state index < -0.39 is 41.5 Å². The van der Waals surface area contributed by atoms with Crippen LogP contribution in [0.2, 0.25) is 0 Å². The summed E-state index contributed by atoms with van der Waals surface area (Å²) in [6.45, 7) is 0. The molecule has 7 N–H and O–H groups in total. The van der Waals surface area contributed by atoms with Crippen molar-refractivity contribution >= 4 is 93.0 Å². The van der Waals surface area contributed by atoms with Crippen molar-refractivity contribution in [1.82, 2.24) is 0 Å². The quantitative estimate of drug-likeness (QED) is 0.0751. The molecule has 0 atom stereocenters. The van der Waals surface area contributed by atoms with Gasteiger partial charge in [-0.1, -0.05) is 12.1 Å². The van der Waals surface area contributed by atoms with Crippen LogP contribution < -0.4 is 76.3 Å². The van der Waals surface area contributed by atoms with E-state index in [1.54, 1.807) is 18.2 Å². The minimum absolute atomic E-state index is 0. The summed E-state index contributed by atoms with van der Waals surface area (Å²) in [7, 11) is -9.83. The topological polar surface area (TPSA) is 287 Å². The van der Waals surface area contributed by atoms with Crippen LogP contribution in [0.3, 0.4) is 0 Å². The van der Waals surface area contributed by atoms with Crippen LogP contribution >= 0.6 is 0 Å². The third-order valence-corrected chi connectivity index (χ3v) is 8.99. The summed E-state index contributed by atoms with van der Waals surface area (Å²) in [5.41, 5.74) is 19.6. The molecule has 0 spiro atoms. The van der Waals surface area contributed by atoms with Crippen molar-refractivity contribution in [2.45, 2.75) is 9.79 Å². The van der Waals surface area contributed by atoms with E-state index in [0.717, 1.165) is 12.1 Å². The summed E-state index contributed by atoms with van der Waals surface area (Å²) < 4.78 is 71.1. The fourth-order valence-electron chi connectivity index (χ4n) is 4.84. The predicted octanol–water partition coefficient (Wildman–Crippen LogP) is 1.51. The first kappa shape index (κ1) is 40.4. The van der Waals surface area contributed by atoms with Crippen LogP contribution in [-0.4, -0.2) is 31.0 Å². The first-order valence-corrected chi connectivity index (χ1v) is 17.0. The van der Waals surface area contributed by atoms with E-state index in [9.17, 15) is 31.0 Å². The molecule has 0 unspecified atom stereocenters. The molecular formula is C32H23N9Na2O7S2. The van der Waals surface area contributed by atoms with Crippen molar-refractivity contribution < 1.29 is 90.2 Å². The molecule has 6 aromatic carbocycles. The summed E-state index contributed by atoms with van der Waals surface area (Å²) in [6.07, 6.45) is 0. The average Bonchev–Trinajstić information content (AvgIpc) is 3.07. The normalized spacial score (nSPS) is 12.1. The van der Waals surface area contributed by atoms with E-state index in [-0.39, 0.29) is 86.9 Å². The average molecular weight is 756 g/mol. The second-order valence-electron chi connectivity index (χ2n) is 10.7. The Morgan fingerprint density at radius 2 is 1.12 bits per heavy atom. The molecule has 6 rings (SSSR count). The van der Waals surface area contributed by atoms with Crippen molar-refractivity contribution in [2.24, 2.45) is 30.7 Å². The van der Waals surface area contributed by atoms with Crippen molar-refractivity contribution in [2.75, 3.05) is 17.2 Å². The number of aromatic hydroxyl groups is 1. The number of rotatable bonds is 8. The van der Waals surface area contributed by atoms with Gasteiger partial charge in [0.15, 0.2) is 5.75 Å². The summed E-state index contributed by atoms with van der Waals surface area (Å²) in [6, 6.07) is 22.9. The molecule has 252 valence electrons. The number of azo groups is 3. The van der Waals surface area contributed by atoms with E-state index in [0.29, 0.717) is 39.2 Å². The van der Waals surface area contributed by atoms with Crippen molar-refractivity contribution in [3.8, 4) is 5.75 Å². The summed E-state index contributed by atoms with van der Waals surface area (Å²) in [5, 5.41) is 36.7. The third-order valence-electron chi connectivity index (χ3n) is 7.31. The number of benzene rings is 6. The van der Waals surface area contributed by atoms with E-state index >= 15 is 0 Å². The molecule has 0 amide bonds. The van der Waals surface area contributed by atoms with Crippen LogP contribution in [0.25, 0.3) is 21.5 Å². The van der Waals surface area contributed by atoms with Crippen LogP contribution in [-0.2, 0) is 20.2 Å². The molecule has 0 aliphatic carbocycles. The molecule has 0 bridgehead atoms. The van der Waals surface area contributed by atoms with Gasteiger partial charge in [0.1, 0.15) is 31.6 Å². The second-order valence-corrected chi connectivity index (χ2v) is 13.4. The number of phenols is 1. The minimum atomic E-state index is -5.10. The fraction of sp³-hybridized carbons (Fsp3) is 0. The molecule has 0 saturated heterocycles. The summed E-state index contributed by atoms with van der Waals surface area (Å²) in [5.74, 6) is -0.626. The molecule has 0 saturated carbocycles. The first-order valence-electron chi connectivity index (χ1n) is 14.2. The van der Waals surface area contributed by atoms with E-state index in [1.807, 2.05) is 0 Å². The number of fused-ring (bicyclic) bond motifs is 2. The maximum Gasteiger partial charge on any atom is 1.00 e. The standard InChI is InChI=1S/C32H25N9O7S2.2Na/c33-18-2-11-29(27(35)14-18)40-38-21-3-1-17-13-30(50(46,47)48)31(32(42)24(17)15-21)41-37-20-6-4-19(5-7-20)36-39-28-12-10-26(34)23-9-8-22(16-25(23)28)49(43,44)45;;/h1-16,42H,33-35H2,(H,43,44,45)(H,46,47,48);;/q;2*+1/p-2. The Kier molecular flexibility index (Phi) is 12.5. The summed E-state index contributed by atoms with van der Waals surface area (Å²) in [4.78, 5) is -1.23. The Morgan fingerprint density at radius 3 is 1.75 bits per heavy atom. The second kappa shape index (κ2) is 16.1. The monoisotopic (exact) mass is 755 g/mol. The van der Waals surface area contributed by atoms with Gasteiger partial charge in [-0.2, -0.15) is 15.3 Å². The molecule has 0 aliphatic rings. The van der Waals surface area contributed by atoms with Crippen molar-refractivity contribution in [1.29, 1.82) is 0 Å². The van der Waals surface area contributed by atoms with E-state index in [1.165, 1.54) is 66.7 Å². The number of nitrogens with zero attached hydrogens (tertiary/aromatic N) is 6. The number of hydrogen-bond acceptors (Lipinski definition) is 16. The molecule has 0 aromatic heterocycles. The van der Waals surface area contributed by atoms with Gasteiger partial charge >= 0.3 is 59.1 Å². The van der Waals surface area contributed by atoms with Crippen LogP contribution in [0, 0.1) is 0 Å². The molecule has 20 heteroatoms. The SMILES string of the molecule is Nc1ccc(N=Nc2ccc3cc(S(=O)(=O)[O-])c(N=Nc4ccc(N=Nc5ccc(N)c6ccc(S(=O)(=O)[O-])cc56)cc4)c(O)c3c2)c(N)c1.[Na+].[Na+]. The Balaban J connectivity index is 0.00000302. The molecule has 0 heterocycles. The maximum absolute atomic E-state index is 12.1. The number of anilines is 3. The Hall–Kier alpha value is -4.34. The number of hydrogen-bond donors (Lipinski definition) is 4. The fourth-order valence-corrected chi connectivity index (χ4v) is 5.98. The van der Waals surface area contributed by atoms with Gasteiger partial charge < -0.3 is 31.4 Å². The van der Waals surface area contributed by atoms with Crippen LogP contribution in [0.1, 0.15) is 0 Å². The van der Waals surface area contributed by atoms with Crippen LogP contribution in [0.4, 0.5) is 51.2 Å². The Bertz CT molecular complexity index is 2660. The third kappa shape index (κ3) is 8.99. The zero-order valence-corrected chi connectivity index (χ0v) is 33.0. The van der Waals surface area contributed by atoms with Crippen LogP contribution in [0.15, 0.2) is 138 Å². The molecule has 6 aromatic rings. The summed E-state index contributed by atoms with van der Waals surface area (Å²) >= 11 is 0. The van der Waals surface area contributed by atoms with Gasteiger partial charge in [-0.25, -0.2) is 16.8 Å². The Morgan fingerprint density at radius 1 is 0.519 bits per heavy atom.